The van der Waals surface area contributed by atoms with E-state index in [4.69, 9.17) is 5.14 Å². The standard InChI is InChI=1S/C12H17NO3S/c1-3-9(2)11(8-14)10-6-4-5-7-12(10)17(13,15)16/h4-9,11H,3H2,1-2H3,(H2,13,15,16)/t9-,11-/m0/s1. The van der Waals surface area contributed by atoms with Crippen molar-refractivity contribution in [1.82, 2.24) is 0 Å². The van der Waals surface area contributed by atoms with E-state index in [1.54, 1.807) is 18.2 Å². The first-order valence-electron chi connectivity index (χ1n) is 5.48. The molecule has 0 amide bonds. The molecule has 0 heterocycles. The highest BCUT2D eigenvalue weighted by molar-refractivity contribution is 7.89. The summed E-state index contributed by atoms with van der Waals surface area (Å²) in [7, 11) is -3.79. The first kappa shape index (κ1) is 13.9. The number of carbonyl (C=O) groups is 1. The van der Waals surface area contributed by atoms with Crippen molar-refractivity contribution in [1.29, 1.82) is 0 Å². The first-order chi connectivity index (χ1) is 7.91. The van der Waals surface area contributed by atoms with Gasteiger partial charge in [-0.2, -0.15) is 0 Å². The van der Waals surface area contributed by atoms with Crippen molar-refractivity contribution >= 4 is 16.3 Å². The van der Waals surface area contributed by atoms with Crippen molar-refractivity contribution in [2.45, 2.75) is 31.1 Å². The molecule has 0 aromatic heterocycles. The van der Waals surface area contributed by atoms with E-state index in [2.05, 4.69) is 0 Å². The Morgan fingerprint density at radius 2 is 1.94 bits per heavy atom. The van der Waals surface area contributed by atoms with Gasteiger partial charge < -0.3 is 4.79 Å². The van der Waals surface area contributed by atoms with Crippen LogP contribution < -0.4 is 5.14 Å². The van der Waals surface area contributed by atoms with Crippen LogP contribution in [0.4, 0.5) is 0 Å². The number of nitrogens with two attached hydrogens (primary N) is 1. The highest BCUT2D eigenvalue weighted by atomic mass is 32.2. The van der Waals surface area contributed by atoms with Crippen LogP contribution in [0, 0.1) is 5.92 Å². The lowest BCUT2D eigenvalue weighted by Gasteiger charge is -2.19. The lowest BCUT2D eigenvalue weighted by atomic mass is 9.87. The molecule has 94 valence electrons. The van der Waals surface area contributed by atoms with Crippen LogP contribution in [0.1, 0.15) is 31.7 Å². The monoisotopic (exact) mass is 255 g/mol. The number of aldehydes is 1. The zero-order valence-corrected chi connectivity index (χ0v) is 10.8. The van der Waals surface area contributed by atoms with Gasteiger partial charge in [-0.25, -0.2) is 13.6 Å². The van der Waals surface area contributed by atoms with Gasteiger partial charge in [0.2, 0.25) is 10.0 Å². The maximum absolute atomic E-state index is 11.4. The average Bonchev–Trinajstić information content (AvgIpc) is 2.29. The molecule has 1 aromatic rings. The SMILES string of the molecule is CC[C@H](C)[C@H](C=O)c1ccccc1S(N)(=O)=O. The summed E-state index contributed by atoms with van der Waals surface area (Å²) in [6.07, 6.45) is 1.58. The molecule has 0 bridgehead atoms. The van der Waals surface area contributed by atoms with Gasteiger partial charge in [-0.3, -0.25) is 0 Å². The number of benzene rings is 1. The van der Waals surface area contributed by atoms with Crippen molar-refractivity contribution in [3.8, 4) is 0 Å². The second kappa shape index (κ2) is 5.42. The van der Waals surface area contributed by atoms with E-state index in [1.165, 1.54) is 6.07 Å². The van der Waals surface area contributed by atoms with Crippen molar-refractivity contribution in [3.63, 3.8) is 0 Å². The first-order valence-corrected chi connectivity index (χ1v) is 7.03. The molecule has 0 aliphatic rings. The van der Waals surface area contributed by atoms with Crippen molar-refractivity contribution in [2.75, 3.05) is 0 Å². The second-order valence-electron chi connectivity index (χ2n) is 4.13. The van der Waals surface area contributed by atoms with E-state index in [0.717, 1.165) is 12.7 Å². The third kappa shape index (κ3) is 3.14. The molecule has 0 saturated heterocycles. The van der Waals surface area contributed by atoms with Gasteiger partial charge in [-0.1, -0.05) is 38.5 Å². The van der Waals surface area contributed by atoms with Crippen LogP contribution in [0.3, 0.4) is 0 Å². The maximum Gasteiger partial charge on any atom is 0.238 e. The van der Waals surface area contributed by atoms with Gasteiger partial charge in [-0.05, 0) is 17.5 Å². The smallest absolute Gasteiger partial charge is 0.238 e. The van der Waals surface area contributed by atoms with Crippen LogP contribution in [0.15, 0.2) is 29.2 Å². The summed E-state index contributed by atoms with van der Waals surface area (Å²) >= 11 is 0. The van der Waals surface area contributed by atoms with E-state index in [1.807, 2.05) is 13.8 Å². The molecule has 0 fully saturated rings. The van der Waals surface area contributed by atoms with Gasteiger partial charge >= 0.3 is 0 Å². The molecule has 0 radical (unpaired) electrons. The minimum absolute atomic E-state index is 0.0393. The van der Waals surface area contributed by atoms with Crippen LogP contribution in [0.2, 0.25) is 0 Å². The Labute approximate surface area is 102 Å². The third-order valence-corrected chi connectivity index (χ3v) is 3.97. The molecule has 4 nitrogen and oxygen atoms in total. The Hall–Kier alpha value is -1.20. The Bertz CT molecular complexity index is 496. The zero-order chi connectivity index (χ0) is 13.1. The minimum Gasteiger partial charge on any atom is -0.303 e. The number of carbonyl (C=O) groups excluding carboxylic acids is 1. The van der Waals surface area contributed by atoms with Gasteiger partial charge in [0.15, 0.2) is 0 Å². The third-order valence-electron chi connectivity index (χ3n) is 2.99. The lowest BCUT2D eigenvalue weighted by Crippen LogP contribution is -2.19. The number of sulfonamides is 1. The molecule has 1 aromatic carbocycles. The Kier molecular flexibility index (Phi) is 4.42. The number of hydrogen-bond acceptors (Lipinski definition) is 3. The molecular weight excluding hydrogens is 238 g/mol. The molecular formula is C12H17NO3S. The maximum atomic E-state index is 11.4. The number of hydrogen-bond donors (Lipinski definition) is 1. The summed E-state index contributed by atoms with van der Waals surface area (Å²) in [6, 6.07) is 6.39. The predicted molar refractivity (Wildman–Crippen MR) is 66.1 cm³/mol. The Morgan fingerprint density at radius 3 is 2.41 bits per heavy atom. The average molecular weight is 255 g/mol. The Morgan fingerprint density at radius 1 is 1.35 bits per heavy atom. The summed E-state index contributed by atoms with van der Waals surface area (Å²) < 4.78 is 22.9. The van der Waals surface area contributed by atoms with Gasteiger partial charge in [-0.15, -0.1) is 0 Å². The molecule has 0 unspecified atom stereocenters. The predicted octanol–water partition coefficient (Wildman–Crippen LogP) is 1.66. The highest BCUT2D eigenvalue weighted by Crippen LogP contribution is 2.29. The molecule has 0 spiro atoms. The van der Waals surface area contributed by atoms with Crippen LogP contribution in [-0.4, -0.2) is 14.7 Å². The fourth-order valence-corrected chi connectivity index (χ4v) is 2.58. The minimum atomic E-state index is -3.79. The highest BCUT2D eigenvalue weighted by Gasteiger charge is 2.23. The van der Waals surface area contributed by atoms with Gasteiger partial charge in [0.05, 0.1) is 4.90 Å². The van der Waals surface area contributed by atoms with Crippen LogP contribution in [0.5, 0.6) is 0 Å². The van der Waals surface area contributed by atoms with E-state index >= 15 is 0 Å². The summed E-state index contributed by atoms with van der Waals surface area (Å²) in [6.45, 7) is 3.87. The van der Waals surface area contributed by atoms with Crippen LogP contribution in [0.25, 0.3) is 0 Å². The largest absolute Gasteiger partial charge is 0.303 e. The van der Waals surface area contributed by atoms with E-state index in [0.29, 0.717) is 5.56 Å². The Balaban J connectivity index is 3.35. The quantitative estimate of drug-likeness (QED) is 0.813. The molecule has 17 heavy (non-hydrogen) atoms. The lowest BCUT2D eigenvalue weighted by molar-refractivity contribution is -0.110. The van der Waals surface area contributed by atoms with E-state index in [9.17, 15) is 13.2 Å². The van der Waals surface area contributed by atoms with Crippen molar-refractivity contribution in [3.05, 3.63) is 29.8 Å². The molecule has 0 saturated carbocycles. The molecule has 2 N–H and O–H groups in total. The van der Waals surface area contributed by atoms with Gasteiger partial charge in [0, 0.05) is 5.92 Å². The van der Waals surface area contributed by atoms with Crippen LogP contribution in [-0.2, 0) is 14.8 Å². The fraction of sp³-hybridized carbons (Fsp3) is 0.417. The van der Waals surface area contributed by atoms with Gasteiger partial charge in [0.1, 0.15) is 6.29 Å². The van der Waals surface area contributed by atoms with E-state index < -0.39 is 15.9 Å². The van der Waals surface area contributed by atoms with Crippen LogP contribution >= 0.6 is 0 Å². The molecule has 0 aliphatic carbocycles. The van der Waals surface area contributed by atoms with Gasteiger partial charge in [0.25, 0.3) is 0 Å². The number of primary sulfonamides is 1. The summed E-state index contributed by atoms with van der Waals surface area (Å²) in [4.78, 5) is 11.2. The molecule has 0 aliphatic heterocycles. The second-order valence-corrected chi connectivity index (χ2v) is 5.66. The normalized spacial score (nSPS) is 15.2. The molecule has 5 heteroatoms. The molecule has 2 atom stereocenters. The van der Waals surface area contributed by atoms with Crippen molar-refractivity contribution in [2.24, 2.45) is 11.1 Å². The zero-order valence-electron chi connectivity index (χ0n) is 9.96. The summed E-state index contributed by atoms with van der Waals surface area (Å²) in [5.41, 5.74) is 0.486. The topological polar surface area (TPSA) is 77.2 Å². The number of rotatable bonds is 5. The van der Waals surface area contributed by atoms with E-state index in [-0.39, 0.29) is 10.8 Å². The summed E-state index contributed by atoms with van der Waals surface area (Å²) in [5.74, 6) is -0.357. The fourth-order valence-electron chi connectivity index (χ4n) is 1.78. The summed E-state index contributed by atoms with van der Waals surface area (Å²) in [5, 5.41) is 5.15. The molecule has 1 rings (SSSR count). The van der Waals surface area contributed by atoms with Crippen molar-refractivity contribution < 1.29 is 13.2 Å².